The van der Waals surface area contributed by atoms with Gasteiger partial charge in [0.2, 0.25) is 0 Å². The molecule has 406 valence electrons. The number of halogens is 4. The van der Waals surface area contributed by atoms with Crippen LogP contribution in [0.4, 0.5) is 11.4 Å². The number of rotatable bonds is 10. The van der Waals surface area contributed by atoms with Crippen molar-refractivity contribution in [1.82, 2.24) is 0 Å². The van der Waals surface area contributed by atoms with Crippen molar-refractivity contribution < 1.29 is 38.2 Å². The molecular weight excluding hydrogens is 1140 g/mol. The van der Waals surface area contributed by atoms with Crippen LogP contribution in [-0.2, 0) is 24.7 Å². The molecule has 12 nitrogen and oxygen atoms in total. The number of benzene rings is 9. The summed E-state index contributed by atoms with van der Waals surface area (Å²) in [7, 11) is -2.46. The van der Waals surface area contributed by atoms with Gasteiger partial charge in [-0.25, -0.2) is 0 Å². The van der Waals surface area contributed by atoms with Crippen LogP contribution in [0.5, 0.6) is 0 Å². The van der Waals surface area contributed by atoms with E-state index in [9.17, 15) is 20.2 Å². The summed E-state index contributed by atoms with van der Waals surface area (Å²) in [5.74, 6) is 0. The first-order chi connectivity index (χ1) is 37.2. The minimum absolute atomic E-state index is 0. The van der Waals surface area contributed by atoms with Crippen LogP contribution < -0.4 is 5.46 Å². The Morgan fingerprint density at radius 3 is 1.56 bits per heavy atom. The lowest BCUT2D eigenvalue weighted by Gasteiger charge is -2.12. The van der Waals surface area contributed by atoms with Crippen molar-refractivity contribution in [2.45, 2.75) is 47.5 Å². The second-order valence-electron chi connectivity index (χ2n) is 16.8. The maximum atomic E-state index is 11.2. The Morgan fingerprint density at radius 2 is 1.03 bits per heavy atom. The quantitative estimate of drug-likeness (QED) is 0.0583. The largest absolute Gasteiger partial charge is 0.489 e. The first-order valence-corrected chi connectivity index (χ1v) is 27.7. The van der Waals surface area contributed by atoms with Crippen molar-refractivity contribution >= 4 is 116 Å². The number of nitrogens with zero attached hydrogens (tertiary/aromatic N) is 2. The molecule has 11 rings (SSSR count). The molecule has 1 heterocycles. The van der Waals surface area contributed by atoms with E-state index in [2.05, 4.69) is 64.5 Å². The molecule has 0 amide bonds. The number of nitro benzene ring substituents is 2. The summed E-state index contributed by atoms with van der Waals surface area (Å²) in [5.41, 5.74) is 7.46. The van der Waals surface area contributed by atoms with Gasteiger partial charge in [-0.05, 0) is 158 Å². The van der Waals surface area contributed by atoms with Crippen LogP contribution in [0.15, 0.2) is 180 Å². The van der Waals surface area contributed by atoms with Gasteiger partial charge >= 0.3 is 15.7 Å². The SMILES string of the molecule is C.C1CCOC1.CCOP(OCC)OCC.Clc1ccc2c(c1)Cc1ccc3ccccc3c1-2.O=[N+]([O-])c1cc(Cl)ccc1-c1cccc2ccccc12.O=[N+]([O-])c1cc(Cl)ccc1Br.OB(O)c1cccc2ccccc12. The Hall–Kier alpha value is -5.84. The van der Waals surface area contributed by atoms with E-state index in [-0.39, 0.29) is 18.8 Å². The van der Waals surface area contributed by atoms with Gasteiger partial charge in [0.25, 0.3) is 11.4 Å². The molecule has 1 aliphatic carbocycles. The Balaban J connectivity index is 0.000000179. The van der Waals surface area contributed by atoms with Crippen LogP contribution in [0.3, 0.4) is 0 Å². The van der Waals surface area contributed by atoms with Gasteiger partial charge in [-0.2, -0.15) is 0 Å². The molecule has 9 aromatic carbocycles. The third-order valence-electron chi connectivity index (χ3n) is 11.7. The fraction of sp³-hybridized carbons (Fsp3) is 0.200. The zero-order chi connectivity index (χ0) is 55.3. The van der Waals surface area contributed by atoms with Crippen LogP contribution in [0.25, 0.3) is 54.6 Å². The van der Waals surface area contributed by atoms with Gasteiger partial charge in [-0.3, -0.25) is 20.2 Å². The van der Waals surface area contributed by atoms with E-state index in [0.717, 1.165) is 51.8 Å². The minimum Gasteiger partial charge on any atom is -0.423 e. The summed E-state index contributed by atoms with van der Waals surface area (Å²) >= 11 is 20.5. The van der Waals surface area contributed by atoms with Crippen molar-refractivity contribution in [3.63, 3.8) is 0 Å². The number of hydrogen-bond donors (Lipinski definition) is 2. The molecule has 0 spiro atoms. The minimum atomic E-state index is -1.40. The van der Waals surface area contributed by atoms with Crippen molar-refractivity contribution in [3.05, 3.63) is 227 Å². The van der Waals surface area contributed by atoms with Gasteiger partial charge in [0, 0.05) is 40.4 Å². The molecule has 0 radical (unpaired) electrons. The highest BCUT2D eigenvalue weighted by atomic mass is 79.9. The summed E-state index contributed by atoms with van der Waals surface area (Å²) in [6.07, 6.45) is 3.55. The molecule has 1 aliphatic heterocycles. The molecule has 0 bridgehead atoms. The van der Waals surface area contributed by atoms with Crippen LogP contribution in [0.1, 0.15) is 52.2 Å². The molecule has 18 heteroatoms. The standard InChI is InChI=1S/C17H11Cl.C16H10ClNO2.C10H9BO2.C6H3BrClNO2.C6H15O3P.C4H8O.CH4/c18-14-7-8-16-13(10-14)9-12-6-5-11-3-1-2-4-15(11)17(12)16;17-12-8-9-15(16(10-12)18(19)20)14-7-3-5-11-4-1-2-6-13(11)14;12-11(13)10-7-3-5-8-4-1-2-6-9(8)10;7-5-2-1-4(8)3-6(5)9(10)11;1-4-7-10(8-5-2)9-6-3;1-2-4-5-3-1;/h1-8,10H,9H2;1-10H;1-7,12-13H;1-3H;4-6H2,1-3H3;1-4H2;1H4. The Bertz CT molecular complexity index is 3380. The molecule has 0 aromatic heterocycles. The van der Waals surface area contributed by atoms with Gasteiger partial charge in [0.1, 0.15) is 0 Å². The highest BCUT2D eigenvalue weighted by molar-refractivity contribution is 9.10. The molecule has 2 aliphatic rings. The second-order valence-corrected chi connectivity index (χ2v) is 20.2. The summed E-state index contributed by atoms with van der Waals surface area (Å²) in [5, 5.41) is 47.8. The van der Waals surface area contributed by atoms with E-state index in [0.29, 0.717) is 45.4 Å². The zero-order valence-electron chi connectivity index (χ0n) is 42.5. The van der Waals surface area contributed by atoms with Gasteiger partial charge in [0.05, 0.1) is 39.7 Å². The maximum absolute atomic E-state index is 11.2. The lowest BCUT2D eigenvalue weighted by Crippen LogP contribution is -2.30. The average molecular weight is 1200 g/mol. The fourth-order valence-electron chi connectivity index (χ4n) is 8.32. The Morgan fingerprint density at radius 1 is 0.551 bits per heavy atom. The monoisotopic (exact) mass is 1190 g/mol. The molecule has 0 saturated carbocycles. The fourth-order valence-corrected chi connectivity index (χ4v) is 10.1. The number of fused-ring (bicyclic) bond motifs is 7. The van der Waals surface area contributed by atoms with E-state index >= 15 is 0 Å². The van der Waals surface area contributed by atoms with E-state index in [1.165, 1.54) is 58.0 Å². The topological polar surface area (TPSA) is 164 Å². The Kier molecular flexibility index (Phi) is 26.1. The number of ether oxygens (including phenoxy) is 1. The average Bonchev–Trinajstić information content (AvgIpc) is 4.32. The van der Waals surface area contributed by atoms with E-state index in [4.69, 9.17) is 63.2 Å². The summed E-state index contributed by atoms with van der Waals surface area (Å²) in [6.45, 7) is 9.71. The van der Waals surface area contributed by atoms with Gasteiger partial charge < -0.3 is 28.4 Å². The van der Waals surface area contributed by atoms with Crippen molar-refractivity contribution in [2.24, 2.45) is 0 Å². The lowest BCUT2D eigenvalue weighted by atomic mass is 9.77. The normalized spacial score (nSPS) is 11.6. The van der Waals surface area contributed by atoms with Crippen molar-refractivity contribution in [1.29, 1.82) is 0 Å². The van der Waals surface area contributed by atoms with Gasteiger partial charge in [-0.15, -0.1) is 0 Å². The molecule has 1 saturated heterocycles. The summed E-state index contributed by atoms with van der Waals surface area (Å²) < 4.78 is 20.8. The molecule has 1 fully saturated rings. The lowest BCUT2D eigenvalue weighted by molar-refractivity contribution is -0.385. The second kappa shape index (κ2) is 32.3. The zero-order valence-corrected chi connectivity index (χ0v) is 47.2. The summed E-state index contributed by atoms with van der Waals surface area (Å²) in [6, 6.07) is 55.1. The molecular formula is C60H60BBrCl3N2O10P. The van der Waals surface area contributed by atoms with Crippen LogP contribution in [0.2, 0.25) is 15.1 Å². The predicted octanol–water partition coefficient (Wildman–Crippen LogP) is 17.4. The Labute approximate surface area is 480 Å². The molecule has 9 aromatic rings. The van der Waals surface area contributed by atoms with Crippen LogP contribution in [0, 0.1) is 20.2 Å². The van der Waals surface area contributed by atoms with E-state index in [1.807, 2.05) is 106 Å². The smallest absolute Gasteiger partial charge is 0.423 e. The van der Waals surface area contributed by atoms with E-state index < -0.39 is 25.6 Å². The van der Waals surface area contributed by atoms with Gasteiger partial charge in [-0.1, -0.05) is 170 Å². The molecule has 2 N–H and O–H groups in total. The maximum Gasteiger partial charge on any atom is 0.489 e. The predicted molar refractivity (Wildman–Crippen MR) is 326 cm³/mol. The molecule has 0 unspecified atom stereocenters. The molecule has 78 heavy (non-hydrogen) atoms. The third kappa shape index (κ3) is 17.8. The van der Waals surface area contributed by atoms with Crippen molar-refractivity contribution in [2.75, 3.05) is 33.0 Å². The highest BCUT2D eigenvalue weighted by Gasteiger charge is 2.21. The first-order valence-electron chi connectivity index (χ1n) is 24.7. The van der Waals surface area contributed by atoms with E-state index in [1.54, 1.807) is 30.3 Å². The number of hydrogen-bond acceptors (Lipinski definition) is 10. The van der Waals surface area contributed by atoms with Crippen LogP contribution in [-0.4, -0.2) is 60.0 Å². The third-order valence-corrected chi connectivity index (χ3v) is 14.5. The summed E-state index contributed by atoms with van der Waals surface area (Å²) in [4.78, 5) is 20.6. The van der Waals surface area contributed by atoms with Crippen LogP contribution >= 0.6 is 59.3 Å². The number of nitro groups is 2. The van der Waals surface area contributed by atoms with Crippen molar-refractivity contribution in [3.8, 4) is 22.3 Å². The molecule has 0 atom stereocenters. The van der Waals surface area contributed by atoms with Gasteiger partial charge in [0.15, 0.2) is 0 Å². The highest BCUT2D eigenvalue weighted by Crippen LogP contribution is 2.42. The first kappa shape index (κ1) is 63.0.